The number of ether oxygens (including phenoxy) is 2. The zero-order valence-corrected chi connectivity index (χ0v) is 13.2. The largest absolute Gasteiger partial charge is 0.462 e. The van der Waals surface area contributed by atoms with Crippen LogP contribution in [-0.2, 0) is 9.47 Å². The summed E-state index contributed by atoms with van der Waals surface area (Å²) >= 11 is 0. The molecule has 0 spiro atoms. The van der Waals surface area contributed by atoms with Crippen molar-refractivity contribution in [2.24, 2.45) is 5.41 Å². The second-order valence-electron chi connectivity index (χ2n) is 5.82. The topological polar surface area (TPSA) is 60.5 Å². The van der Waals surface area contributed by atoms with Crippen molar-refractivity contribution in [3.63, 3.8) is 0 Å². The average molecular weight is 292 g/mol. The first kappa shape index (κ1) is 15.8. The van der Waals surface area contributed by atoms with Gasteiger partial charge in [0, 0.05) is 24.3 Å². The summed E-state index contributed by atoms with van der Waals surface area (Å²) in [5.74, 6) is 0.246. The highest BCUT2D eigenvalue weighted by Crippen LogP contribution is 2.44. The lowest BCUT2D eigenvalue weighted by molar-refractivity contribution is -0.0976. The van der Waals surface area contributed by atoms with E-state index in [-0.39, 0.29) is 23.5 Å². The summed E-state index contributed by atoms with van der Waals surface area (Å²) < 4.78 is 10.8. The molecule has 0 saturated heterocycles. The van der Waals surface area contributed by atoms with E-state index in [0.717, 1.165) is 13.0 Å². The van der Waals surface area contributed by atoms with Gasteiger partial charge in [-0.3, -0.25) is 0 Å². The molecular formula is C16H24N2O3. The predicted octanol–water partition coefficient (Wildman–Crippen LogP) is 2.87. The van der Waals surface area contributed by atoms with Gasteiger partial charge in [-0.2, -0.15) is 0 Å². The standard InChI is InChI=1S/C16H24N2O3/c1-5-20-13-10-12(16(13,3)4)18-14-11(8-7-9-17-14)15(19)21-6-2/h7-9,12-13H,5-6,10H2,1-4H3,(H,17,18). The van der Waals surface area contributed by atoms with Gasteiger partial charge < -0.3 is 14.8 Å². The number of nitrogens with zero attached hydrogens (tertiary/aromatic N) is 1. The molecule has 0 bridgehead atoms. The summed E-state index contributed by atoms with van der Waals surface area (Å²) in [5, 5.41) is 3.37. The highest BCUT2D eigenvalue weighted by Gasteiger charge is 2.49. The number of carbonyl (C=O) groups is 1. The van der Waals surface area contributed by atoms with Gasteiger partial charge in [-0.15, -0.1) is 0 Å². The van der Waals surface area contributed by atoms with Crippen LogP contribution in [-0.4, -0.2) is 36.3 Å². The fourth-order valence-electron chi connectivity index (χ4n) is 2.67. The fraction of sp³-hybridized carbons (Fsp3) is 0.625. The quantitative estimate of drug-likeness (QED) is 0.817. The highest BCUT2D eigenvalue weighted by molar-refractivity contribution is 5.94. The molecule has 1 saturated carbocycles. The van der Waals surface area contributed by atoms with Crippen molar-refractivity contribution < 1.29 is 14.3 Å². The molecule has 5 heteroatoms. The van der Waals surface area contributed by atoms with E-state index in [1.807, 2.05) is 6.92 Å². The van der Waals surface area contributed by atoms with Crippen molar-refractivity contribution >= 4 is 11.8 Å². The van der Waals surface area contributed by atoms with Gasteiger partial charge in [0.05, 0.1) is 12.7 Å². The molecule has 1 aliphatic carbocycles. The lowest BCUT2D eigenvalue weighted by Crippen LogP contribution is -2.58. The Hall–Kier alpha value is -1.62. The Morgan fingerprint density at radius 1 is 1.43 bits per heavy atom. The summed E-state index contributed by atoms with van der Waals surface area (Å²) in [6.07, 6.45) is 2.84. The smallest absolute Gasteiger partial charge is 0.341 e. The molecule has 5 nitrogen and oxygen atoms in total. The SMILES string of the molecule is CCOC(=O)c1cccnc1NC1CC(OCC)C1(C)C. The summed E-state index contributed by atoms with van der Waals surface area (Å²) in [4.78, 5) is 16.2. The molecule has 2 atom stereocenters. The van der Waals surface area contributed by atoms with Crippen molar-refractivity contribution in [2.75, 3.05) is 18.5 Å². The lowest BCUT2D eigenvalue weighted by Gasteiger charge is -2.51. The summed E-state index contributed by atoms with van der Waals surface area (Å²) in [6, 6.07) is 3.71. The summed E-state index contributed by atoms with van der Waals surface area (Å²) in [6.45, 7) is 9.22. The minimum atomic E-state index is -0.341. The van der Waals surface area contributed by atoms with Gasteiger partial charge in [-0.05, 0) is 32.4 Å². The molecule has 116 valence electrons. The molecule has 1 N–H and O–H groups in total. The van der Waals surface area contributed by atoms with Crippen LogP contribution in [0, 0.1) is 5.41 Å². The van der Waals surface area contributed by atoms with E-state index in [9.17, 15) is 4.79 Å². The van der Waals surface area contributed by atoms with Gasteiger partial charge in [0.25, 0.3) is 0 Å². The van der Waals surface area contributed by atoms with Gasteiger partial charge in [0.1, 0.15) is 11.4 Å². The summed E-state index contributed by atoms with van der Waals surface area (Å²) in [7, 11) is 0. The maximum atomic E-state index is 12.0. The second kappa shape index (κ2) is 6.43. The Labute approximate surface area is 126 Å². The Morgan fingerprint density at radius 3 is 2.81 bits per heavy atom. The average Bonchev–Trinajstić information content (AvgIpc) is 2.47. The van der Waals surface area contributed by atoms with E-state index < -0.39 is 0 Å². The maximum Gasteiger partial charge on any atom is 0.341 e. The molecule has 0 aliphatic heterocycles. The van der Waals surface area contributed by atoms with Crippen LogP contribution in [0.2, 0.25) is 0 Å². The number of aromatic nitrogens is 1. The van der Waals surface area contributed by atoms with Gasteiger partial charge >= 0.3 is 5.97 Å². The minimum Gasteiger partial charge on any atom is -0.462 e. The number of nitrogens with one attached hydrogen (secondary N) is 1. The van der Waals surface area contributed by atoms with Crippen LogP contribution in [0.25, 0.3) is 0 Å². The van der Waals surface area contributed by atoms with Crippen molar-refractivity contribution in [1.29, 1.82) is 0 Å². The Bertz CT molecular complexity index is 502. The Kier molecular flexibility index (Phi) is 4.83. The third-order valence-corrected chi connectivity index (χ3v) is 4.16. The first-order chi connectivity index (χ1) is 10.0. The summed E-state index contributed by atoms with van der Waals surface area (Å²) in [5.41, 5.74) is 0.495. The van der Waals surface area contributed by atoms with Crippen LogP contribution < -0.4 is 5.32 Å². The van der Waals surface area contributed by atoms with E-state index >= 15 is 0 Å². The van der Waals surface area contributed by atoms with Crippen LogP contribution in [0.15, 0.2) is 18.3 Å². The van der Waals surface area contributed by atoms with Crippen LogP contribution in [0.5, 0.6) is 0 Å². The molecule has 21 heavy (non-hydrogen) atoms. The third kappa shape index (κ3) is 3.18. The van der Waals surface area contributed by atoms with Crippen LogP contribution in [0.1, 0.15) is 44.5 Å². The van der Waals surface area contributed by atoms with E-state index in [0.29, 0.717) is 18.0 Å². The lowest BCUT2D eigenvalue weighted by atomic mass is 9.64. The van der Waals surface area contributed by atoms with Gasteiger partial charge in [-0.1, -0.05) is 13.8 Å². The van der Waals surface area contributed by atoms with Gasteiger partial charge in [-0.25, -0.2) is 9.78 Å². The monoisotopic (exact) mass is 292 g/mol. The van der Waals surface area contributed by atoms with Crippen LogP contribution in [0.3, 0.4) is 0 Å². The number of hydrogen-bond donors (Lipinski definition) is 1. The molecule has 1 heterocycles. The van der Waals surface area contributed by atoms with Crippen molar-refractivity contribution in [3.8, 4) is 0 Å². The molecule has 2 rings (SSSR count). The molecule has 1 fully saturated rings. The molecule has 0 amide bonds. The van der Waals surface area contributed by atoms with E-state index in [2.05, 4.69) is 24.1 Å². The number of pyridine rings is 1. The third-order valence-electron chi connectivity index (χ3n) is 4.16. The number of carbonyl (C=O) groups excluding carboxylic acids is 1. The molecule has 1 aliphatic rings. The molecule has 1 aromatic heterocycles. The maximum absolute atomic E-state index is 12.0. The number of anilines is 1. The van der Waals surface area contributed by atoms with Crippen molar-refractivity contribution in [2.45, 2.75) is 46.3 Å². The number of esters is 1. The second-order valence-corrected chi connectivity index (χ2v) is 5.82. The van der Waals surface area contributed by atoms with E-state index in [1.165, 1.54) is 0 Å². The Balaban J connectivity index is 2.09. The fourth-order valence-corrected chi connectivity index (χ4v) is 2.67. The zero-order chi connectivity index (χ0) is 15.5. The van der Waals surface area contributed by atoms with E-state index in [1.54, 1.807) is 25.3 Å². The van der Waals surface area contributed by atoms with Gasteiger partial charge in [0.15, 0.2) is 0 Å². The molecule has 0 aromatic carbocycles. The number of hydrogen-bond acceptors (Lipinski definition) is 5. The van der Waals surface area contributed by atoms with Crippen LogP contribution >= 0.6 is 0 Å². The normalized spacial score (nSPS) is 23.2. The van der Waals surface area contributed by atoms with Crippen molar-refractivity contribution in [1.82, 2.24) is 4.98 Å². The molecule has 0 radical (unpaired) electrons. The van der Waals surface area contributed by atoms with Crippen molar-refractivity contribution in [3.05, 3.63) is 23.9 Å². The molecule has 2 unspecified atom stereocenters. The highest BCUT2D eigenvalue weighted by atomic mass is 16.5. The first-order valence-corrected chi connectivity index (χ1v) is 7.51. The minimum absolute atomic E-state index is 0.0134. The zero-order valence-electron chi connectivity index (χ0n) is 13.2. The van der Waals surface area contributed by atoms with E-state index in [4.69, 9.17) is 9.47 Å². The molecular weight excluding hydrogens is 268 g/mol. The van der Waals surface area contributed by atoms with Gasteiger partial charge in [0.2, 0.25) is 0 Å². The first-order valence-electron chi connectivity index (χ1n) is 7.51. The van der Waals surface area contributed by atoms with Crippen LogP contribution in [0.4, 0.5) is 5.82 Å². The molecule has 1 aromatic rings. The Morgan fingerprint density at radius 2 is 2.19 bits per heavy atom. The number of rotatable bonds is 6. The predicted molar refractivity (Wildman–Crippen MR) is 81.4 cm³/mol.